The van der Waals surface area contributed by atoms with Gasteiger partial charge in [-0.1, -0.05) is 43.2 Å². The van der Waals surface area contributed by atoms with E-state index in [1.165, 1.54) is 6.33 Å². The van der Waals surface area contributed by atoms with Gasteiger partial charge in [0.1, 0.15) is 5.76 Å². The largest absolute Gasteiger partial charge is 0.361 e. The lowest BCUT2D eigenvalue weighted by atomic mass is 10.0. The molecule has 8 heteroatoms. The lowest BCUT2D eigenvalue weighted by molar-refractivity contribution is 0.330. The molecule has 0 aromatic carbocycles. The Morgan fingerprint density at radius 1 is 0.958 bits per heavy atom. The molecule has 0 saturated carbocycles. The second kappa shape index (κ2) is 6.94. The van der Waals surface area contributed by atoms with Gasteiger partial charge < -0.3 is 13.6 Å². The van der Waals surface area contributed by atoms with Crippen LogP contribution >= 0.6 is 0 Å². The predicted molar refractivity (Wildman–Crippen MR) is 83.4 cm³/mol. The van der Waals surface area contributed by atoms with Gasteiger partial charge in [0.15, 0.2) is 12.2 Å². The van der Waals surface area contributed by atoms with Gasteiger partial charge in [0.05, 0.1) is 5.69 Å². The van der Waals surface area contributed by atoms with Gasteiger partial charge >= 0.3 is 0 Å². The van der Waals surface area contributed by atoms with E-state index in [9.17, 15) is 0 Å². The Balaban J connectivity index is 1.61. The third-order valence-electron chi connectivity index (χ3n) is 3.87. The van der Waals surface area contributed by atoms with Gasteiger partial charge in [0, 0.05) is 36.7 Å². The molecule has 0 bridgehead atoms. The fraction of sp³-hybridized carbons (Fsp3) is 0.562. The molecular weight excluding hydrogens is 310 g/mol. The highest BCUT2D eigenvalue weighted by Gasteiger charge is 2.20. The molecule has 3 aromatic heterocycles. The summed E-state index contributed by atoms with van der Waals surface area (Å²) in [5.41, 5.74) is 0.900. The van der Waals surface area contributed by atoms with Gasteiger partial charge in [0.2, 0.25) is 11.8 Å². The van der Waals surface area contributed by atoms with Crippen LogP contribution in [0.5, 0.6) is 0 Å². The van der Waals surface area contributed by atoms with Crippen molar-refractivity contribution in [2.75, 3.05) is 0 Å². The molecule has 3 rings (SSSR count). The molecule has 0 saturated heterocycles. The molecule has 8 nitrogen and oxygen atoms in total. The van der Waals surface area contributed by atoms with Crippen LogP contribution in [0.2, 0.25) is 0 Å². The van der Waals surface area contributed by atoms with Crippen molar-refractivity contribution in [2.45, 2.75) is 58.3 Å². The molecule has 0 aliphatic heterocycles. The van der Waals surface area contributed by atoms with Crippen LogP contribution in [0.25, 0.3) is 0 Å². The van der Waals surface area contributed by atoms with Gasteiger partial charge in [-0.05, 0) is 0 Å². The number of aromatic nitrogens is 5. The van der Waals surface area contributed by atoms with Crippen molar-refractivity contribution in [1.29, 1.82) is 0 Å². The molecule has 0 aliphatic carbocycles. The maximum absolute atomic E-state index is 5.34. The first-order chi connectivity index (χ1) is 11.5. The molecule has 0 amide bonds. The smallest absolute Gasteiger partial charge is 0.229 e. The molecule has 2 atom stereocenters. The second-order valence-corrected chi connectivity index (χ2v) is 6.41. The van der Waals surface area contributed by atoms with E-state index in [1.807, 2.05) is 19.9 Å². The third kappa shape index (κ3) is 3.69. The van der Waals surface area contributed by atoms with Crippen molar-refractivity contribution < 1.29 is 13.6 Å². The van der Waals surface area contributed by atoms with E-state index in [4.69, 9.17) is 13.6 Å². The van der Waals surface area contributed by atoms with E-state index in [0.717, 1.165) is 11.5 Å². The Labute approximate surface area is 139 Å². The molecule has 0 N–H and O–H groups in total. The maximum Gasteiger partial charge on any atom is 0.229 e. The van der Waals surface area contributed by atoms with Gasteiger partial charge in [0.25, 0.3) is 0 Å². The van der Waals surface area contributed by atoms with Gasteiger partial charge in [-0.3, -0.25) is 0 Å². The highest BCUT2D eigenvalue weighted by atomic mass is 16.5. The lowest BCUT2D eigenvalue weighted by Gasteiger charge is -2.03. The van der Waals surface area contributed by atoms with Gasteiger partial charge in [-0.2, -0.15) is 9.97 Å². The standard InChI is InChI=1S/C16H21N5O3/c1-9(2)13-7-12(20-22-13)5-10(3)15-19-14(23-21-15)6-11(4)16-17-8-18-24-16/h7-11H,5-6H2,1-4H3. The lowest BCUT2D eigenvalue weighted by Crippen LogP contribution is -2.02. The van der Waals surface area contributed by atoms with Crippen LogP contribution < -0.4 is 0 Å². The zero-order valence-corrected chi connectivity index (χ0v) is 14.3. The molecule has 2 unspecified atom stereocenters. The Morgan fingerprint density at radius 2 is 1.79 bits per heavy atom. The molecule has 0 fully saturated rings. The van der Waals surface area contributed by atoms with E-state index in [-0.39, 0.29) is 11.8 Å². The molecule has 0 aliphatic rings. The quantitative estimate of drug-likeness (QED) is 0.649. The highest BCUT2D eigenvalue weighted by molar-refractivity contribution is 5.11. The van der Waals surface area contributed by atoms with Crippen LogP contribution in [0.1, 0.15) is 74.5 Å². The molecule has 0 radical (unpaired) electrons. The van der Waals surface area contributed by atoms with Crippen molar-refractivity contribution in [1.82, 2.24) is 25.4 Å². The number of hydrogen-bond donors (Lipinski definition) is 0. The fourth-order valence-electron chi connectivity index (χ4n) is 2.40. The van der Waals surface area contributed by atoms with Crippen molar-refractivity contribution in [3.8, 4) is 0 Å². The van der Waals surface area contributed by atoms with Crippen molar-refractivity contribution >= 4 is 0 Å². The summed E-state index contributed by atoms with van der Waals surface area (Å²) in [4.78, 5) is 8.51. The Bertz CT molecular complexity index is 762. The summed E-state index contributed by atoms with van der Waals surface area (Å²) in [6.45, 7) is 8.16. The average Bonchev–Trinajstić information content (AvgIpc) is 3.28. The number of hydrogen-bond acceptors (Lipinski definition) is 8. The first-order valence-electron chi connectivity index (χ1n) is 8.07. The summed E-state index contributed by atoms with van der Waals surface area (Å²) in [6.07, 6.45) is 2.65. The van der Waals surface area contributed by atoms with E-state index in [0.29, 0.717) is 36.4 Å². The van der Waals surface area contributed by atoms with Crippen LogP contribution in [0.3, 0.4) is 0 Å². The minimum atomic E-state index is 0.0280. The third-order valence-corrected chi connectivity index (χ3v) is 3.87. The Kier molecular flexibility index (Phi) is 4.73. The molecule has 24 heavy (non-hydrogen) atoms. The topological polar surface area (TPSA) is 104 Å². The first kappa shape index (κ1) is 16.4. The summed E-state index contributed by atoms with van der Waals surface area (Å²) in [6, 6.07) is 1.99. The molecule has 128 valence electrons. The Hall–Kier alpha value is -2.51. The van der Waals surface area contributed by atoms with Crippen LogP contribution in [0.15, 0.2) is 26.0 Å². The summed E-state index contributed by atoms with van der Waals surface area (Å²) < 4.78 is 15.7. The average molecular weight is 331 g/mol. The van der Waals surface area contributed by atoms with Gasteiger partial charge in [-0.15, -0.1) is 0 Å². The molecule has 3 heterocycles. The zero-order chi connectivity index (χ0) is 17.1. The van der Waals surface area contributed by atoms with Crippen LogP contribution in [0, 0.1) is 0 Å². The van der Waals surface area contributed by atoms with Crippen molar-refractivity contribution in [3.63, 3.8) is 0 Å². The van der Waals surface area contributed by atoms with E-state index < -0.39 is 0 Å². The molecule has 0 spiro atoms. The first-order valence-corrected chi connectivity index (χ1v) is 8.07. The summed E-state index contributed by atoms with van der Waals surface area (Å²) in [5.74, 6) is 3.12. The summed E-state index contributed by atoms with van der Waals surface area (Å²) in [7, 11) is 0. The normalized spacial score (nSPS) is 14.2. The summed E-state index contributed by atoms with van der Waals surface area (Å²) in [5, 5.41) is 11.8. The number of nitrogens with zero attached hydrogens (tertiary/aromatic N) is 5. The number of rotatable bonds is 7. The zero-order valence-electron chi connectivity index (χ0n) is 14.3. The highest BCUT2D eigenvalue weighted by Crippen LogP contribution is 2.22. The van der Waals surface area contributed by atoms with E-state index in [1.54, 1.807) is 0 Å². The fourth-order valence-corrected chi connectivity index (χ4v) is 2.40. The molecule has 3 aromatic rings. The SMILES string of the molecule is CC(C)c1cc(CC(C)c2noc(CC(C)c3ncno3)n2)no1. The van der Waals surface area contributed by atoms with Crippen molar-refractivity contribution in [2.24, 2.45) is 0 Å². The van der Waals surface area contributed by atoms with Gasteiger partial charge in [-0.25, -0.2) is 0 Å². The minimum absolute atomic E-state index is 0.0280. The maximum atomic E-state index is 5.34. The molecular formula is C16H21N5O3. The Morgan fingerprint density at radius 3 is 2.46 bits per heavy atom. The van der Waals surface area contributed by atoms with Crippen LogP contribution in [-0.2, 0) is 12.8 Å². The monoisotopic (exact) mass is 331 g/mol. The van der Waals surface area contributed by atoms with E-state index in [2.05, 4.69) is 39.3 Å². The van der Waals surface area contributed by atoms with Crippen LogP contribution in [0.4, 0.5) is 0 Å². The second-order valence-electron chi connectivity index (χ2n) is 6.41. The van der Waals surface area contributed by atoms with E-state index >= 15 is 0 Å². The predicted octanol–water partition coefficient (Wildman–Crippen LogP) is 3.26. The van der Waals surface area contributed by atoms with Crippen molar-refractivity contribution in [3.05, 3.63) is 41.5 Å². The summed E-state index contributed by atoms with van der Waals surface area (Å²) >= 11 is 0. The minimum Gasteiger partial charge on any atom is -0.361 e. The van der Waals surface area contributed by atoms with Crippen LogP contribution in [-0.4, -0.2) is 25.4 Å².